The van der Waals surface area contributed by atoms with E-state index in [-0.39, 0.29) is 17.3 Å². The Bertz CT molecular complexity index is 807. The second-order valence-electron chi connectivity index (χ2n) is 5.76. The number of allylic oxidation sites excluding steroid dienone is 1. The van der Waals surface area contributed by atoms with Crippen LogP contribution in [0.4, 0.5) is 0 Å². The van der Waals surface area contributed by atoms with Gasteiger partial charge in [-0.2, -0.15) is 0 Å². The summed E-state index contributed by atoms with van der Waals surface area (Å²) in [5.74, 6) is 0. The second kappa shape index (κ2) is 6.96. The molecule has 126 valence electrons. The van der Waals surface area contributed by atoms with Crippen molar-refractivity contribution in [3.05, 3.63) is 69.6 Å². The van der Waals surface area contributed by atoms with Crippen LogP contribution in [0.25, 0.3) is 10.9 Å². The summed E-state index contributed by atoms with van der Waals surface area (Å²) in [6.07, 6.45) is 4.11. The molecule has 0 fully saturated rings. The van der Waals surface area contributed by atoms with E-state index in [2.05, 4.69) is 16.4 Å². The molecule has 3 rings (SSSR count). The molecule has 4 N–H and O–H groups in total. The zero-order valence-corrected chi connectivity index (χ0v) is 13.0. The van der Waals surface area contributed by atoms with Crippen LogP contribution >= 0.6 is 0 Å². The van der Waals surface area contributed by atoms with E-state index in [1.54, 1.807) is 0 Å². The summed E-state index contributed by atoms with van der Waals surface area (Å²) >= 11 is 0. The summed E-state index contributed by atoms with van der Waals surface area (Å²) < 4.78 is 0. The number of nitrogens with one attached hydrogen (secondary N) is 2. The van der Waals surface area contributed by atoms with Crippen LogP contribution < -0.4 is 5.32 Å². The molecule has 7 nitrogen and oxygen atoms in total. The molecule has 1 aliphatic rings. The maximum atomic E-state index is 10.8. The van der Waals surface area contributed by atoms with E-state index in [4.69, 9.17) is 0 Å². The van der Waals surface area contributed by atoms with Crippen LogP contribution in [0, 0.1) is 10.1 Å². The number of hydrogen-bond donors (Lipinski definition) is 4. The van der Waals surface area contributed by atoms with Crippen LogP contribution in [-0.4, -0.2) is 39.0 Å². The molecule has 0 saturated carbocycles. The number of aromatic nitrogens is 1. The fourth-order valence-electron chi connectivity index (χ4n) is 3.01. The van der Waals surface area contributed by atoms with Crippen molar-refractivity contribution in [2.45, 2.75) is 25.2 Å². The van der Waals surface area contributed by atoms with E-state index in [1.165, 1.54) is 17.7 Å². The summed E-state index contributed by atoms with van der Waals surface area (Å²) in [5.41, 5.74) is 2.37. The van der Waals surface area contributed by atoms with Gasteiger partial charge >= 0.3 is 0 Å². The van der Waals surface area contributed by atoms with Crippen molar-refractivity contribution in [1.29, 1.82) is 0 Å². The summed E-state index contributed by atoms with van der Waals surface area (Å²) in [6.45, 7) is 0.623. The Morgan fingerprint density at radius 3 is 2.92 bits per heavy atom. The molecule has 1 aliphatic carbocycles. The highest BCUT2D eigenvalue weighted by molar-refractivity contribution is 5.83. The Labute approximate surface area is 138 Å². The highest BCUT2D eigenvalue weighted by atomic mass is 16.6. The van der Waals surface area contributed by atoms with Gasteiger partial charge in [-0.05, 0) is 37.1 Å². The molecule has 1 aromatic carbocycles. The lowest BCUT2D eigenvalue weighted by Gasteiger charge is -2.24. The first kappa shape index (κ1) is 16.4. The van der Waals surface area contributed by atoms with E-state index < -0.39 is 11.2 Å². The van der Waals surface area contributed by atoms with Crippen molar-refractivity contribution in [2.75, 3.05) is 6.54 Å². The van der Waals surface area contributed by atoms with Crippen LogP contribution in [-0.2, 0) is 6.42 Å². The Morgan fingerprint density at radius 1 is 1.38 bits per heavy atom. The van der Waals surface area contributed by atoms with Crippen molar-refractivity contribution < 1.29 is 15.1 Å². The molecule has 0 spiro atoms. The number of fused-ring (bicyclic) bond motifs is 1. The topological polar surface area (TPSA) is 111 Å². The quantitative estimate of drug-likeness (QED) is 0.364. The van der Waals surface area contributed by atoms with Crippen molar-refractivity contribution in [1.82, 2.24) is 10.3 Å². The van der Waals surface area contributed by atoms with Crippen molar-refractivity contribution in [3.8, 4) is 0 Å². The fraction of sp³-hybridized carbons (Fsp3) is 0.294. The minimum atomic E-state index is -1.71. The molecule has 0 bridgehead atoms. The molecular weight excluding hydrogens is 310 g/mol. The van der Waals surface area contributed by atoms with Gasteiger partial charge < -0.3 is 20.5 Å². The maximum absolute atomic E-state index is 10.8. The number of para-hydroxylation sites is 1. The van der Waals surface area contributed by atoms with Crippen molar-refractivity contribution in [3.63, 3.8) is 0 Å². The van der Waals surface area contributed by atoms with Gasteiger partial charge in [0.1, 0.15) is 0 Å². The van der Waals surface area contributed by atoms with E-state index in [0.717, 1.165) is 17.3 Å². The van der Waals surface area contributed by atoms with Crippen LogP contribution in [0.5, 0.6) is 0 Å². The first-order valence-electron chi connectivity index (χ1n) is 7.77. The van der Waals surface area contributed by atoms with Gasteiger partial charge in [-0.15, -0.1) is 0 Å². The fourth-order valence-corrected chi connectivity index (χ4v) is 3.01. The Kier molecular flexibility index (Phi) is 4.75. The average Bonchev–Trinajstić information content (AvgIpc) is 2.98. The Balaban J connectivity index is 1.64. The Morgan fingerprint density at radius 2 is 2.17 bits per heavy atom. The number of aromatic amines is 1. The number of benzene rings is 1. The summed E-state index contributed by atoms with van der Waals surface area (Å²) in [7, 11) is 0. The van der Waals surface area contributed by atoms with Gasteiger partial charge in [0, 0.05) is 34.8 Å². The van der Waals surface area contributed by atoms with E-state index in [1.807, 2.05) is 24.4 Å². The van der Waals surface area contributed by atoms with Gasteiger partial charge in [-0.1, -0.05) is 18.2 Å². The lowest BCUT2D eigenvalue weighted by Crippen LogP contribution is -2.38. The standard InChI is InChI=1S/C17H19N3O4/c21-17(22)14-9-12(20(23)24)5-6-16(14)18-8-7-11-10-19-15-4-2-1-3-13(11)15/h1-5,9-10,16-19,21-22H,6-8H2. The number of H-pyrrole nitrogens is 1. The number of nitrogens with zero attached hydrogens (tertiary/aromatic N) is 1. The molecule has 1 atom stereocenters. The lowest BCUT2D eigenvalue weighted by molar-refractivity contribution is -0.419. The zero-order valence-electron chi connectivity index (χ0n) is 13.0. The second-order valence-corrected chi connectivity index (χ2v) is 5.76. The molecule has 24 heavy (non-hydrogen) atoms. The van der Waals surface area contributed by atoms with Crippen molar-refractivity contribution >= 4 is 10.9 Å². The van der Waals surface area contributed by atoms with Crippen LogP contribution in [0.2, 0.25) is 0 Å². The average molecular weight is 329 g/mol. The van der Waals surface area contributed by atoms with Gasteiger partial charge in [0.15, 0.2) is 6.29 Å². The molecule has 7 heteroatoms. The molecule has 0 radical (unpaired) electrons. The maximum Gasteiger partial charge on any atom is 0.265 e. The van der Waals surface area contributed by atoms with E-state index >= 15 is 0 Å². The molecule has 0 aliphatic heterocycles. The van der Waals surface area contributed by atoms with Crippen LogP contribution in [0.1, 0.15) is 12.0 Å². The first-order chi connectivity index (χ1) is 11.6. The normalized spacial score (nSPS) is 17.9. The minimum absolute atomic E-state index is 0.104. The summed E-state index contributed by atoms with van der Waals surface area (Å²) in [5, 5.41) is 34.2. The third-order valence-electron chi connectivity index (χ3n) is 4.25. The lowest BCUT2D eigenvalue weighted by atomic mass is 9.96. The molecule has 1 aromatic heterocycles. The SMILES string of the molecule is O=[N+]([O-])C1=CCC(NCCc2c[nH]c3ccccc23)C(C(O)O)=C1. The Hall–Kier alpha value is -2.48. The van der Waals surface area contributed by atoms with Gasteiger partial charge in [-0.25, -0.2) is 0 Å². The molecule has 0 amide bonds. The number of aliphatic hydroxyl groups is 2. The number of nitro groups is 1. The molecular formula is C17H19N3O4. The molecule has 0 saturated heterocycles. The van der Waals surface area contributed by atoms with Gasteiger partial charge in [0.25, 0.3) is 5.70 Å². The summed E-state index contributed by atoms with van der Waals surface area (Å²) in [6, 6.07) is 7.71. The largest absolute Gasteiger partial charge is 0.365 e. The van der Waals surface area contributed by atoms with Crippen LogP contribution in [0.3, 0.4) is 0 Å². The third-order valence-corrected chi connectivity index (χ3v) is 4.25. The number of rotatable bonds is 6. The van der Waals surface area contributed by atoms with Crippen LogP contribution in [0.15, 0.2) is 53.9 Å². The third kappa shape index (κ3) is 3.38. The predicted molar refractivity (Wildman–Crippen MR) is 89.8 cm³/mol. The zero-order chi connectivity index (χ0) is 17.1. The molecule has 2 aromatic rings. The monoisotopic (exact) mass is 329 g/mol. The first-order valence-corrected chi connectivity index (χ1v) is 7.77. The van der Waals surface area contributed by atoms with E-state index in [9.17, 15) is 20.3 Å². The number of aliphatic hydroxyl groups excluding tert-OH is 1. The summed E-state index contributed by atoms with van der Waals surface area (Å²) in [4.78, 5) is 13.5. The number of hydrogen-bond acceptors (Lipinski definition) is 5. The van der Waals surface area contributed by atoms with Gasteiger partial charge in [0.05, 0.1) is 4.92 Å². The smallest absolute Gasteiger partial charge is 0.265 e. The van der Waals surface area contributed by atoms with Gasteiger partial charge in [-0.3, -0.25) is 10.1 Å². The minimum Gasteiger partial charge on any atom is -0.365 e. The van der Waals surface area contributed by atoms with Crippen molar-refractivity contribution in [2.24, 2.45) is 0 Å². The highest BCUT2D eigenvalue weighted by Gasteiger charge is 2.26. The van der Waals surface area contributed by atoms with Gasteiger partial charge in [0.2, 0.25) is 0 Å². The highest BCUT2D eigenvalue weighted by Crippen LogP contribution is 2.21. The van der Waals surface area contributed by atoms with E-state index in [0.29, 0.717) is 13.0 Å². The predicted octanol–water partition coefficient (Wildman–Crippen LogP) is 1.47. The molecule has 1 unspecified atom stereocenters. The molecule has 1 heterocycles.